The summed E-state index contributed by atoms with van der Waals surface area (Å²) in [6, 6.07) is -2.40. The van der Waals surface area contributed by atoms with E-state index < -0.39 is 46.3 Å². The van der Waals surface area contributed by atoms with Crippen molar-refractivity contribution in [2.24, 2.45) is 5.73 Å². The quantitative estimate of drug-likeness (QED) is 0.510. The van der Waals surface area contributed by atoms with Crippen LogP contribution in [0.4, 0.5) is 0 Å². The number of nitrogens with two attached hydrogens (primary N) is 1. The molecule has 1 unspecified atom stereocenters. The molecule has 0 aliphatic carbocycles. The number of carbonyl (C=O) groups is 3. The van der Waals surface area contributed by atoms with Gasteiger partial charge in [-0.3, -0.25) is 9.59 Å². The summed E-state index contributed by atoms with van der Waals surface area (Å²) in [4.78, 5) is 33.6. The van der Waals surface area contributed by atoms with E-state index in [9.17, 15) is 22.8 Å². The third kappa shape index (κ3) is 4.17. The fourth-order valence-electron chi connectivity index (χ4n) is 2.07. The highest BCUT2D eigenvalue weighted by molar-refractivity contribution is 7.88. The normalized spacial score (nSPS) is 21.4. The number of nitrogens with zero attached hydrogens (tertiary/aromatic N) is 1. The molecule has 114 valence electrons. The molecule has 10 heteroatoms. The zero-order valence-electron chi connectivity index (χ0n) is 10.9. The van der Waals surface area contributed by atoms with Crippen LogP contribution in [-0.2, 0) is 24.4 Å². The summed E-state index contributed by atoms with van der Waals surface area (Å²) in [7, 11) is -3.54. The number of carboxylic acids is 1. The van der Waals surface area contributed by atoms with E-state index in [0.717, 1.165) is 10.6 Å². The Morgan fingerprint density at radius 2 is 2.05 bits per heavy atom. The first kappa shape index (κ1) is 16.4. The summed E-state index contributed by atoms with van der Waals surface area (Å²) in [5.41, 5.74) is 4.90. The lowest BCUT2D eigenvalue weighted by Gasteiger charge is -2.23. The van der Waals surface area contributed by atoms with Gasteiger partial charge in [0, 0.05) is 6.54 Å². The minimum absolute atomic E-state index is 0.213. The Bertz CT molecular complexity index is 517. The average Bonchev–Trinajstić information content (AvgIpc) is 2.75. The van der Waals surface area contributed by atoms with Crippen molar-refractivity contribution < 1.29 is 27.9 Å². The van der Waals surface area contributed by atoms with Gasteiger partial charge in [-0.2, -0.15) is 4.31 Å². The Balaban J connectivity index is 2.78. The Hall–Kier alpha value is -1.68. The van der Waals surface area contributed by atoms with E-state index in [4.69, 9.17) is 10.8 Å². The topological polar surface area (TPSA) is 147 Å². The maximum atomic E-state index is 12.0. The van der Waals surface area contributed by atoms with E-state index in [0.29, 0.717) is 12.8 Å². The Morgan fingerprint density at radius 1 is 1.45 bits per heavy atom. The first-order valence-electron chi connectivity index (χ1n) is 5.91. The van der Waals surface area contributed by atoms with Crippen LogP contribution in [0.1, 0.15) is 19.3 Å². The predicted octanol–water partition coefficient (Wildman–Crippen LogP) is -2.14. The molecule has 0 aromatic rings. The molecular weight excluding hydrogens is 290 g/mol. The monoisotopic (exact) mass is 307 g/mol. The van der Waals surface area contributed by atoms with Crippen LogP contribution in [0.5, 0.6) is 0 Å². The average molecular weight is 307 g/mol. The van der Waals surface area contributed by atoms with Gasteiger partial charge in [0.15, 0.2) is 0 Å². The second-order valence-corrected chi connectivity index (χ2v) is 6.54. The number of hydrogen-bond acceptors (Lipinski definition) is 5. The molecule has 0 saturated carbocycles. The summed E-state index contributed by atoms with van der Waals surface area (Å²) in [5, 5.41) is 11.0. The van der Waals surface area contributed by atoms with Gasteiger partial charge in [0.2, 0.25) is 21.8 Å². The number of carbonyl (C=O) groups excluding carboxylic acids is 2. The molecule has 1 aliphatic heterocycles. The van der Waals surface area contributed by atoms with E-state index in [1.165, 1.54) is 0 Å². The molecule has 2 atom stereocenters. The van der Waals surface area contributed by atoms with Crippen molar-refractivity contribution in [2.75, 3.05) is 12.8 Å². The third-order valence-electron chi connectivity index (χ3n) is 2.95. The summed E-state index contributed by atoms with van der Waals surface area (Å²) in [6.45, 7) is 0.213. The molecule has 1 heterocycles. The van der Waals surface area contributed by atoms with Crippen LogP contribution in [0.15, 0.2) is 0 Å². The van der Waals surface area contributed by atoms with E-state index in [-0.39, 0.29) is 6.54 Å². The van der Waals surface area contributed by atoms with Gasteiger partial charge in [-0.1, -0.05) is 0 Å². The molecule has 1 fully saturated rings. The first-order chi connectivity index (χ1) is 9.12. The van der Waals surface area contributed by atoms with Gasteiger partial charge in [0.05, 0.1) is 12.7 Å². The lowest BCUT2D eigenvalue weighted by Crippen LogP contribution is -2.51. The van der Waals surface area contributed by atoms with Crippen LogP contribution in [0, 0.1) is 0 Å². The van der Waals surface area contributed by atoms with Gasteiger partial charge in [0.1, 0.15) is 12.1 Å². The fourth-order valence-corrected chi connectivity index (χ4v) is 3.19. The summed E-state index contributed by atoms with van der Waals surface area (Å²) in [6.07, 6.45) is 1.25. The van der Waals surface area contributed by atoms with Crippen molar-refractivity contribution in [2.45, 2.75) is 31.3 Å². The molecule has 0 radical (unpaired) electrons. The molecule has 1 saturated heterocycles. The number of rotatable bonds is 6. The Labute approximate surface area is 116 Å². The fraction of sp³-hybridized carbons (Fsp3) is 0.700. The first-order valence-corrected chi connectivity index (χ1v) is 7.76. The van der Waals surface area contributed by atoms with Gasteiger partial charge in [-0.15, -0.1) is 0 Å². The number of hydrogen-bond donors (Lipinski definition) is 3. The van der Waals surface area contributed by atoms with E-state index in [1.807, 2.05) is 0 Å². The van der Waals surface area contributed by atoms with E-state index >= 15 is 0 Å². The van der Waals surface area contributed by atoms with Crippen LogP contribution in [0.25, 0.3) is 0 Å². The SMILES string of the molecule is CS(=O)(=O)N1CCCC1C(=O)N[C@H](CC(N)=O)C(=O)O. The van der Waals surface area contributed by atoms with Gasteiger partial charge < -0.3 is 16.2 Å². The highest BCUT2D eigenvalue weighted by atomic mass is 32.2. The van der Waals surface area contributed by atoms with Crippen LogP contribution < -0.4 is 11.1 Å². The second kappa shape index (κ2) is 6.18. The number of amides is 2. The largest absolute Gasteiger partial charge is 0.480 e. The van der Waals surface area contributed by atoms with Crippen molar-refractivity contribution in [3.8, 4) is 0 Å². The third-order valence-corrected chi connectivity index (χ3v) is 4.24. The summed E-state index contributed by atoms with van der Waals surface area (Å²) >= 11 is 0. The van der Waals surface area contributed by atoms with E-state index in [1.54, 1.807) is 0 Å². The molecular formula is C10H17N3O6S. The van der Waals surface area contributed by atoms with Crippen molar-refractivity contribution in [1.29, 1.82) is 0 Å². The Kier molecular flexibility index (Phi) is 5.06. The van der Waals surface area contributed by atoms with Gasteiger partial charge in [-0.05, 0) is 12.8 Å². The Morgan fingerprint density at radius 3 is 2.50 bits per heavy atom. The van der Waals surface area contributed by atoms with Crippen molar-refractivity contribution in [1.82, 2.24) is 9.62 Å². The zero-order valence-corrected chi connectivity index (χ0v) is 11.7. The second-order valence-electron chi connectivity index (χ2n) is 4.60. The minimum atomic E-state index is -3.54. The number of carboxylic acid groups (broad SMARTS) is 1. The molecule has 2 amide bonds. The summed E-state index contributed by atoms with van der Waals surface area (Å²) < 4.78 is 24.0. The van der Waals surface area contributed by atoms with E-state index in [2.05, 4.69) is 5.32 Å². The van der Waals surface area contributed by atoms with Gasteiger partial charge in [0.25, 0.3) is 0 Å². The maximum absolute atomic E-state index is 12.0. The van der Waals surface area contributed by atoms with Crippen LogP contribution in [-0.4, -0.2) is 60.5 Å². The van der Waals surface area contributed by atoms with Crippen LogP contribution in [0.3, 0.4) is 0 Å². The summed E-state index contributed by atoms with van der Waals surface area (Å²) in [5.74, 6) is -3.01. The molecule has 1 rings (SSSR count). The van der Waals surface area contributed by atoms with Crippen molar-refractivity contribution in [3.05, 3.63) is 0 Å². The highest BCUT2D eigenvalue weighted by Crippen LogP contribution is 2.20. The number of nitrogens with one attached hydrogen (secondary N) is 1. The highest BCUT2D eigenvalue weighted by Gasteiger charge is 2.37. The molecule has 0 aromatic heterocycles. The van der Waals surface area contributed by atoms with Gasteiger partial charge >= 0.3 is 5.97 Å². The molecule has 1 aliphatic rings. The molecule has 9 nitrogen and oxygen atoms in total. The molecule has 0 aromatic carbocycles. The number of primary amides is 1. The molecule has 0 bridgehead atoms. The van der Waals surface area contributed by atoms with Crippen molar-refractivity contribution >= 4 is 27.8 Å². The number of sulfonamides is 1. The van der Waals surface area contributed by atoms with Crippen LogP contribution in [0.2, 0.25) is 0 Å². The lowest BCUT2D eigenvalue weighted by atomic mass is 10.1. The minimum Gasteiger partial charge on any atom is -0.480 e. The maximum Gasteiger partial charge on any atom is 0.326 e. The van der Waals surface area contributed by atoms with Crippen LogP contribution >= 0.6 is 0 Å². The smallest absolute Gasteiger partial charge is 0.326 e. The van der Waals surface area contributed by atoms with Gasteiger partial charge in [-0.25, -0.2) is 13.2 Å². The molecule has 20 heavy (non-hydrogen) atoms. The zero-order chi connectivity index (χ0) is 15.5. The number of aliphatic carboxylic acids is 1. The van der Waals surface area contributed by atoms with Crippen molar-refractivity contribution in [3.63, 3.8) is 0 Å². The molecule has 0 spiro atoms. The lowest BCUT2D eigenvalue weighted by molar-refractivity contribution is -0.143. The molecule has 4 N–H and O–H groups in total. The standard InChI is InChI=1S/C10H17N3O6S/c1-20(18,19)13-4-2-3-7(13)9(15)12-6(10(16)17)5-8(11)14/h6-7H,2-5H2,1H3,(H2,11,14)(H,12,15)(H,16,17)/t6-,7?/m1/s1. The predicted molar refractivity (Wildman–Crippen MR) is 67.9 cm³/mol.